The van der Waals surface area contributed by atoms with E-state index in [1.807, 2.05) is 48.5 Å². The first-order valence-electron chi connectivity index (χ1n) is 6.93. The third-order valence-electron chi connectivity index (χ3n) is 3.81. The first-order chi connectivity index (χ1) is 10.6. The molecule has 0 fully saturated rings. The summed E-state index contributed by atoms with van der Waals surface area (Å²) in [6, 6.07) is 15.2. The maximum absolute atomic E-state index is 12.5. The standard InChI is InChI=1S/C17H16N2O2S/c1-19-14-6-4-3-5-13(14)15(17(19)20)16(22)18-11-7-9-12(21-2)10-8-11/h3-10,15H,1-2H3,(H,18,22). The maximum Gasteiger partial charge on any atom is 0.241 e. The molecule has 1 amide bonds. The molecular formula is C17H16N2O2S. The lowest BCUT2D eigenvalue weighted by atomic mass is 10.0. The molecular weight excluding hydrogens is 296 g/mol. The van der Waals surface area contributed by atoms with Crippen molar-refractivity contribution in [2.45, 2.75) is 5.92 Å². The van der Waals surface area contributed by atoms with E-state index in [1.165, 1.54) is 0 Å². The first-order valence-corrected chi connectivity index (χ1v) is 7.34. The molecule has 1 N–H and O–H groups in total. The van der Waals surface area contributed by atoms with Gasteiger partial charge in [-0.1, -0.05) is 30.4 Å². The van der Waals surface area contributed by atoms with Gasteiger partial charge in [0.05, 0.1) is 12.1 Å². The number of amides is 1. The Hall–Kier alpha value is -2.40. The molecule has 0 saturated carbocycles. The number of hydrogen-bond donors (Lipinski definition) is 1. The number of nitrogens with zero attached hydrogens (tertiary/aromatic N) is 1. The zero-order valence-corrected chi connectivity index (χ0v) is 13.2. The number of nitrogens with one attached hydrogen (secondary N) is 1. The Morgan fingerprint density at radius 2 is 1.86 bits per heavy atom. The van der Waals surface area contributed by atoms with Crippen LogP contribution in [-0.4, -0.2) is 25.1 Å². The number of para-hydroxylation sites is 1. The SMILES string of the molecule is COc1ccc(NC(=S)C2C(=O)N(C)c3ccccc32)cc1. The predicted molar refractivity (Wildman–Crippen MR) is 91.8 cm³/mol. The van der Waals surface area contributed by atoms with Crippen LogP contribution in [0.15, 0.2) is 48.5 Å². The number of likely N-dealkylation sites (N-methyl/N-ethyl adjacent to an activating group) is 1. The van der Waals surface area contributed by atoms with Crippen molar-refractivity contribution in [3.63, 3.8) is 0 Å². The minimum absolute atomic E-state index is 0.00721. The van der Waals surface area contributed by atoms with Gasteiger partial charge in [0.25, 0.3) is 0 Å². The zero-order valence-electron chi connectivity index (χ0n) is 12.4. The number of rotatable bonds is 3. The van der Waals surface area contributed by atoms with Gasteiger partial charge in [-0.2, -0.15) is 0 Å². The molecule has 2 aromatic rings. The molecule has 5 heteroatoms. The molecule has 4 nitrogen and oxygen atoms in total. The largest absolute Gasteiger partial charge is 0.497 e. The van der Waals surface area contributed by atoms with Crippen molar-refractivity contribution < 1.29 is 9.53 Å². The van der Waals surface area contributed by atoms with E-state index >= 15 is 0 Å². The summed E-state index contributed by atoms with van der Waals surface area (Å²) in [5.41, 5.74) is 2.70. The number of ether oxygens (including phenoxy) is 1. The van der Waals surface area contributed by atoms with Crippen molar-refractivity contribution in [2.75, 3.05) is 24.4 Å². The normalized spacial score (nSPS) is 16.4. The van der Waals surface area contributed by atoms with Crippen molar-refractivity contribution in [3.8, 4) is 5.75 Å². The quantitative estimate of drug-likeness (QED) is 0.884. The van der Waals surface area contributed by atoms with E-state index in [0.717, 1.165) is 22.7 Å². The Morgan fingerprint density at radius 1 is 1.18 bits per heavy atom. The van der Waals surface area contributed by atoms with Gasteiger partial charge in [-0.25, -0.2) is 0 Å². The molecule has 22 heavy (non-hydrogen) atoms. The van der Waals surface area contributed by atoms with Gasteiger partial charge < -0.3 is 15.0 Å². The molecule has 1 atom stereocenters. The Labute approximate surface area is 134 Å². The highest BCUT2D eigenvalue weighted by molar-refractivity contribution is 7.80. The molecule has 3 rings (SSSR count). The van der Waals surface area contributed by atoms with Gasteiger partial charge in [0.2, 0.25) is 5.91 Å². The van der Waals surface area contributed by atoms with Gasteiger partial charge >= 0.3 is 0 Å². The summed E-state index contributed by atoms with van der Waals surface area (Å²) in [7, 11) is 3.40. The zero-order chi connectivity index (χ0) is 15.7. The van der Waals surface area contributed by atoms with Crippen LogP contribution in [0.25, 0.3) is 0 Å². The number of carbonyl (C=O) groups excluding carboxylic acids is 1. The van der Waals surface area contributed by atoms with E-state index in [-0.39, 0.29) is 5.91 Å². The van der Waals surface area contributed by atoms with Gasteiger partial charge in [0.15, 0.2) is 0 Å². The fourth-order valence-electron chi connectivity index (χ4n) is 2.62. The van der Waals surface area contributed by atoms with Crippen molar-refractivity contribution in [1.29, 1.82) is 0 Å². The summed E-state index contributed by atoms with van der Waals surface area (Å²) in [5.74, 6) is 0.337. The van der Waals surface area contributed by atoms with Crippen LogP contribution < -0.4 is 15.0 Å². The van der Waals surface area contributed by atoms with E-state index in [1.54, 1.807) is 19.1 Å². The Balaban J connectivity index is 1.84. The molecule has 1 heterocycles. The van der Waals surface area contributed by atoms with Crippen molar-refractivity contribution >= 4 is 34.5 Å². The number of methoxy groups -OCH3 is 1. The topological polar surface area (TPSA) is 41.6 Å². The predicted octanol–water partition coefficient (Wildman–Crippen LogP) is 3.19. The molecule has 0 aliphatic carbocycles. The highest BCUT2D eigenvalue weighted by atomic mass is 32.1. The molecule has 1 aliphatic heterocycles. The van der Waals surface area contributed by atoms with E-state index in [4.69, 9.17) is 17.0 Å². The van der Waals surface area contributed by atoms with Crippen LogP contribution in [0, 0.1) is 0 Å². The molecule has 1 unspecified atom stereocenters. The second-order valence-electron chi connectivity index (χ2n) is 5.11. The number of benzene rings is 2. The number of hydrogen-bond acceptors (Lipinski definition) is 3. The fourth-order valence-corrected chi connectivity index (χ4v) is 2.97. The van der Waals surface area contributed by atoms with Gasteiger partial charge in [-0.3, -0.25) is 4.79 Å². The monoisotopic (exact) mass is 312 g/mol. The van der Waals surface area contributed by atoms with Crippen molar-refractivity contribution in [1.82, 2.24) is 0 Å². The van der Waals surface area contributed by atoms with Crippen LogP contribution in [-0.2, 0) is 4.79 Å². The second-order valence-corrected chi connectivity index (χ2v) is 5.55. The third kappa shape index (κ3) is 2.44. The van der Waals surface area contributed by atoms with Crippen LogP contribution in [0.5, 0.6) is 5.75 Å². The summed E-state index contributed by atoms with van der Waals surface area (Å²) in [6.45, 7) is 0. The lowest BCUT2D eigenvalue weighted by Gasteiger charge is -2.14. The molecule has 1 aliphatic rings. The molecule has 0 radical (unpaired) electrons. The molecule has 0 aromatic heterocycles. The van der Waals surface area contributed by atoms with E-state index in [9.17, 15) is 4.79 Å². The Bertz CT molecular complexity index is 728. The lowest BCUT2D eigenvalue weighted by molar-refractivity contribution is -0.117. The minimum Gasteiger partial charge on any atom is -0.497 e. The average Bonchev–Trinajstić information content (AvgIpc) is 2.80. The van der Waals surface area contributed by atoms with E-state index in [0.29, 0.717) is 4.99 Å². The number of fused-ring (bicyclic) bond motifs is 1. The summed E-state index contributed by atoms with van der Waals surface area (Å²) in [6.07, 6.45) is 0. The Morgan fingerprint density at radius 3 is 2.55 bits per heavy atom. The second kappa shape index (κ2) is 5.77. The van der Waals surface area contributed by atoms with Crippen molar-refractivity contribution in [2.24, 2.45) is 0 Å². The summed E-state index contributed by atoms with van der Waals surface area (Å²) < 4.78 is 5.13. The smallest absolute Gasteiger partial charge is 0.241 e. The molecule has 0 saturated heterocycles. The third-order valence-corrected chi connectivity index (χ3v) is 4.14. The highest BCUT2D eigenvalue weighted by Crippen LogP contribution is 2.37. The van der Waals surface area contributed by atoms with Crippen LogP contribution in [0.2, 0.25) is 0 Å². The minimum atomic E-state index is -0.432. The average molecular weight is 312 g/mol. The molecule has 2 aromatic carbocycles. The van der Waals surface area contributed by atoms with Crippen LogP contribution in [0.3, 0.4) is 0 Å². The lowest BCUT2D eigenvalue weighted by Crippen LogP contribution is -2.30. The highest BCUT2D eigenvalue weighted by Gasteiger charge is 2.37. The molecule has 0 spiro atoms. The van der Waals surface area contributed by atoms with Gasteiger partial charge in [-0.15, -0.1) is 0 Å². The van der Waals surface area contributed by atoms with Crippen LogP contribution in [0.1, 0.15) is 11.5 Å². The van der Waals surface area contributed by atoms with Gasteiger partial charge in [-0.05, 0) is 35.9 Å². The first kappa shape index (κ1) is 14.5. The van der Waals surface area contributed by atoms with Crippen LogP contribution >= 0.6 is 12.2 Å². The van der Waals surface area contributed by atoms with Crippen LogP contribution in [0.4, 0.5) is 11.4 Å². The van der Waals surface area contributed by atoms with E-state index < -0.39 is 5.92 Å². The van der Waals surface area contributed by atoms with Gasteiger partial charge in [0, 0.05) is 18.4 Å². The van der Waals surface area contributed by atoms with E-state index in [2.05, 4.69) is 5.32 Å². The molecule has 0 bridgehead atoms. The summed E-state index contributed by atoms with van der Waals surface area (Å²) in [4.78, 5) is 14.6. The fraction of sp³-hybridized carbons (Fsp3) is 0.176. The molecule has 112 valence electrons. The number of thiocarbonyl (C=S) groups is 1. The maximum atomic E-state index is 12.5. The Kier molecular flexibility index (Phi) is 3.81. The summed E-state index contributed by atoms with van der Waals surface area (Å²) >= 11 is 5.47. The number of anilines is 2. The van der Waals surface area contributed by atoms with Gasteiger partial charge in [0.1, 0.15) is 11.7 Å². The van der Waals surface area contributed by atoms with Crippen molar-refractivity contribution in [3.05, 3.63) is 54.1 Å². The summed E-state index contributed by atoms with van der Waals surface area (Å²) in [5, 5.41) is 3.16. The number of carbonyl (C=O) groups is 1.